The Morgan fingerprint density at radius 2 is 1.83 bits per heavy atom. The molecule has 0 radical (unpaired) electrons. The lowest BCUT2D eigenvalue weighted by molar-refractivity contribution is -0.142. The van der Waals surface area contributed by atoms with Gasteiger partial charge in [-0.3, -0.25) is 9.69 Å². The van der Waals surface area contributed by atoms with E-state index < -0.39 is 0 Å². The molecule has 5 rings (SSSR count). The standard InChI is InChI=1S/C25H30ClN7O2/c1-35-22(34)15-32-9-5-17(6-10-32)18-7-11-33(12-8-18)25-27-14-21-23(31-25)24(29-16-28-21)30-20-4-2-3-19(26)13-20/h2-4,13-14,16-18H,5-12,15H2,1H3,(H,28,29,30). The van der Waals surface area contributed by atoms with Crippen molar-refractivity contribution in [1.29, 1.82) is 0 Å². The maximum atomic E-state index is 11.5. The lowest BCUT2D eigenvalue weighted by Gasteiger charge is -2.40. The Bertz CT molecular complexity index is 1180. The summed E-state index contributed by atoms with van der Waals surface area (Å²) in [6.07, 6.45) is 7.82. The van der Waals surface area contributed by atoms with Crippen molar-refractivity contribution in [1.82, 2.24) is 24.8 Å². The summed E-state index contributed by atoms with van der Waals surface area (Å²) in [5.41, 5.74) is 2.23. The summed E-state index contributed by atoms with van der Waals surface area (Å²) < 4.78 is 4.80. The van der Waals surface area contributed by atoms with Crippen LogP contribution in [-0.2, 0) is 9.53 Å². The molecular formula is C25H30ClN7O2. The van der Waals surface area contributed by atoms with Crippen LogP contribution in [0.5, 0.6) is 0 Å². The number of aromatic nitrogens is 4. The van der Waals surface area contributed by atoms with Gasteiger partial charge in [-0.15, -0.1) is 0 Å². The predicted octanol–water partition coefficient (Wildman–Crippen LogP) is 3.92. The van der Waals surface area contributed by atoms with Gasteiger partial charge in [0, 0.05) is 23.8 Å². The average Bonchev–Trinajstić information content (AvgIpc) is 2.89. The molecule has 1 N–H and O–H groups in total. The van der Waals surface area contributed by atoms with Crippen LogP contribution in [0, 0.1) is 11.8 Å². The van der Waals surface area contributed by atoms with Crippen LogP contribution in [0.3, 0.4) is 0 Å². The van der Waals surface area contributed by atoms with Crippen LogP contribution in [-0.4, -0.2) is 70.6 Å². The van der Waals surface area contributed by atoms with E-state index in [0.29, 0.717) is 46.2 Å². The fourth-order valence-electron chi connectivity index (χ4n) is 5.19. The second kappa shape index (κ2) is 10.7. The summed E-state index contributed by atoms with van der Waals surface area (Å²) >= 11 is 6.13. The molecule has 10 heteroatoms. The Kier molecular flexibility index (Phi) is 7.24. The number of nitrogens with zero attached hydrogens (tertiary/aromatic N) is 6. The molecule has 2 aromatic heterocycles. The molecule has 0 bridgehead atoms. The Balaban J connectivity index is 1.22. The highest BCUT2D eigenvalue weighted by Crippen LogP contribution is 2.33. The quantitative estimate of drug-likeness (QED) is 0.510. The molecule has 2 aliphatic heterocycles. The lowest BCUT2D eigenvalue weighted by Crippen LogP contribution is -2.42. The number of hydrogen-bond donors (Lipinski definition) is 1. The number of benzene rings is 1. The first-order valence-corrected chi connectivity index (χ1v) is 12.5. The van der Waals surface area contributed by atoms with E-state index in [0.717, 1.165) is 57.5 Å². The molecule has 9 nitrogen and oxygen atoms in total. The Hall–Kier alpha value is -3.04. The minimum absolute atomic E-state index is 0.150. The minimum atomic E-state index is -0.150. The third kappa shape index (κ3) is 5.62. The highest BCUT2D eigenvalue weighted by Gasteiger charge is 2.31. The molecule has 2 fully saturated rings. The number of hydrogen-bond acceptors (Lipinski definition) is 9. The van der Waals surface area contributed by atoms with E-state index in [1.807, 2.05) is 24.3 Å². The topological polar surface area (TPSA) is 96.4 Å². The van der Waals surface area contributed by atoms with Crippen LogP contribution >= 0.6 is 11.6 Å². The Morgan fingerprint density at radius 3 is 2.54 bits per heavy atom. The van der Waals surface area contributed by atoms with E-state index in [9.17, 15) is 4.79 Å². The van der Waals surface area contributed by atoms with Crippen molar-refractivity contribution in [2.45, 2.75) is 25.7 Å². The summed E-state index contributed by atoms with van der Waals surface area (Å²) in [6.45, 7) is 4.21. The van der Waals surface area contributed by atoms with Gasteiger partial charge in [0.1, 0.15) is 17.4 Å². The molecule has 2 aliphatic rings. The number of methoxy groups -OCH3 is 1. The summed E-state index contributed by atoms with van der Waals surface area (Å²) in [5, 5.41) is 3.96. The van der Waals surface area contributed by atoms with Crippen LogP contribution in [0.2, 0.25) is 5.02 Å². The van der Waals surface area contributed by atoms with Crippen LogP contribution in [0.15, 0.2) is 36.8 Å². The number of piperidine rings is 2. The van der Waals surface area contributed by atoms with E-state index in [1.165, 1.54) is 13.4 Å². The van der Waals surface area contributed by atoms with Crippen LogP contribution in [0.25, 0.3) is 11.0 Å². The normalized spacial score (nSPS) is 18.1. The second-order valence-corrected chi connectivity index (χ2v) is 9.71. The zero-order chi connectivity index (χ0) is 24.2. The second-order valence-electron chi connectivity index (χ2n) is 9.28. The highest BCUT2D eigenvalue weighted by molar-refractivity contribution is 6.30. The van der Waals surface area contributed by atoms with Crippen molar-refractivity contribution >= 4 is 46.1 Å². The molecule has 184 valence electrons. The first kappa shape index (κ1) is 23.7. The number of anilines is 3. The largest absolute Gasteiger partial charge is 0.468 e. The van der Waals surface area contributed by atoms with Gasteiger partial charge >= 0.3 is 5.97 Å². The zero-order valence-corrected chi connectivity index (χ0v) is 20.6. The summed E-state index contributed by atoms with van der Waals surface area (Å²) in [6, 6.07) is 7.51. The molecule has 0 atom stereocenters. The maximum absolute atomic E-state index is 11.5. The number of nitrogens with one attached hydrogen (secondary N) is 1. The first-order valence-electron chi connectivity index (χ1n) is 12.1. The lowest BCUT2D eigenvalue weighted by atomic mass is 9.79. The Morgan fingerprint density at radius 1 is 1.09 bits per heavy atom. The molecule has 35 heavy (non-hydrogen) atoms. The minimum Gasteiger partial charge on any atom is -0.468 e. The molecule has 3 aromatic rings. The molecule has 4 heterocycles. The average molecular weight is 496 g/mol. The van der Waals surface area contributed by atoms with Gasteiger partial charge in [0.15, 0.2) is 5.82 Å². The van der Waals surface area contributed by atoms with Crippen molar-refractivity contribution in [3.05, 3.63) is 41.8 Å². The van der Waals surface area contributed by atoms with Crippen LogP contribution in [0.1, 0.15) is 25.7 Å². The first-order chi connectivity index (χ1) is 17.1. The number of halogens is 1. The molecular weight excluding hydrogens is 466 g/mol. The summed E-state index contributed by atoms with van der Waals surface area (Å²) in [4.78, 5) is 34.2. The number of carbonyl (C=O) groups is 1. The SMILES string of the molecule is COC(=O)CN1CCC(C2CCN(c3ncc4ncnc(Nc5cccc(Cl)c5)c4n3)CC2)CC1. The van der Waals surface area contributed by atoms with Gasteiger partial charge in [-0.1, -0.05) is 17.7 Å². The van der Waals surface area contributed by atoms with Gasteiger partial charge in [-0.05, 0) is 68.8 Å². The number of likely N-dealkylation sites (tertiary alicyclic amines) is 1. The molecule has 0 spiro atoms. The van der Waals surface area contributed by atoms with Gasteiger partial charge in [0.2, 0.25) is 5.95 Å². The van der Waals surface area contributed by atoms with Gasteiger partial charge in [0.05, 0.1) is 19.9 Å². The van der Waals surface area contributed by atoms with E-state index >= 15 is 0 Å². The maximum Gasteiger partial charge on any atom is 0.319 e. The van der Waals surface area contributed by atoms with Crippen molar-refractivity contribution < 1.29 is 9.53 Å². The third-order valence-electron chi connectivity index (χ3n) is 7.15. The Labute approximate surface area is 209 Å². The monoisotopic (exact) mass is 495 g/mol. The highest BCUT2D eigenvalue weighted by atomic mass is 35.5. The number of rotatable bonds is 6. The molecule has 0 unspecified atom stereocenters. The van der Waals surface area contributed by atoms with Crippen molar-refractivity contribution in [3.8, 4) is 0 Å². The van der Waals surface area contributed by atoms with E-state index in [-0.39, 0.29) is 5.97 Å². The summed E-state index contributed by atoms with van der Waals surface area (Å²) in [5.74, 6) is 2.62. The van der Waals surface area contributed by atoms with E-state index in [4.69, 9.17) is 21.3 Å². The third-order valence-corrected chi connectivity index (χ3v) is 7.39. The van der Waals surface area contributed by atoms with Gasteiger partial charge in [-0.25, -0.2) is 19.9 Å². The molecule has 0 amide bonds. The van der Waals surface area contributed by atoms with E-state index in [1.54, 1.807) is 6.20 Å². The number of carbonyl (C=O) groups excluding carboxylic acids is 1. The molecule has 1 aromatic carbocycles. The predicted molar refractivity (Wildman–Crippen MR) is 136 cm³/mol. The zero-order valence-electron chi connectivity index (χ0n) is 19.9. The van der Waals surface area contributed by atoms with E-state index in [2.05, 4.69) is 30.1 Å². The summed E-state index contributed by atoms with van der Waals surface area (Å²) in [7, 11) is 1.45. The molecule has 0 aliphatic carbocycles. The van der Waals surface area contributed by atoms with Crippen molar-refractivity contribution in [3.63, 3.8) is 0 Å². The molecule has 2 saturated heterocycles. The van der Waals surface area contributed by atoms with Crippen LogP contribution < -0.4 is 10.2 Å². The van der Waals surface area contributed by atoms with Crippen molar-refractivity contribution in [2.24, 2.45) is 11.8 Å². The number of esters is 1. The van der Waals surface area contributed by atoms with Crippen LogP contribution in [0.4, 0.5) is 17.5 Å². The number of ether oxygens (including phenoxy) is 1. The van der Waals surface area contributed by atoms with Crippen molar-refractivity contribution in [2.75, 3.05) is 50.1 Å². The molecule has 0 saturated carbocycles. The number of fused-ring (bicyclic) bond motifs is 1. The van der Waals surface area contributed by atoms with Gasteiger partial charge in [-0.2, -0.15) is 0 Å². The fraction of sp³-hybridized carbons (Fsp3) is 0.480. The smallest absolute Gasteiger partial charge is 0.319 e. The van der Waals surface area contributed by atoms with Gasteiger partial charge < -0.3 is 15.0 Å². The fourth-order valence-corrected chi connectivity index (χ4v) is 5.38. The van der Waals surface area contributed by atoms with Gasteiger partial charge in [0.25, 0.3) is 0 Å².